The molecule has 30 heavy (non-hydrogen) atoms. The lowest BCUT2D eigenvalue weighted by Crippen LogP contribution is -2.32. The molecule has 0 fully saturated rings. The zero-order valence-corrected chi connectivity index (χ0v) is 17.0. The van der Waals surface area contributed by atoms with Gasteiger partial charge in [0, 0.05) is 19.2 Å². The Morgan fingerprint density at radius 1 is 1.03 bits per heavy atom. The van der Waals surface area contributed by atoms with Gasteiger partial charge in [0.05, 0.1) is 31.7 Å². The zero-order chi connectivity index (χ0) is 20.7. The van der Waals surface area contributed by atoms with E-state index < -0.39 is 0 Å². The first-order valence-corrected chi connectivity index (χ1v) is 9.93. The molecular formula is C22H23N3O5. The van der Waals surface area contributed by atoms with E-state index in [-0.39, 0.29) is 5.56 Å². The van der Waals surface area contributed by atoms with Gasteiger partial charge in [-0.1, -0.05) is 0 Å². The van der Waals surface area contributed by atoms with Crippen molar-refractivity contribution in [3.63, 3.8) is 0 Å². The van der Waals surface area contributed by atoms with E-state index >= 15 is 0 Å². The van der Waals surface area contributed by atoms with E-state index in [9.17, 15) is 4.79 Å². The van der Waals surface area contributed by atoms with Crippen LogP contribution in [-0.4, -0.2) is 48.8 Å². The summed E-state index contributed by atoms with van der Waals surface area (Å²) in [5, 5.41) is 0.476. The van der Waals surface area contributed by atoms with Crippen LogP contribution < -0.4 is 24.5 Å². The Morgan fingerprint density at radius 3 is 2.47 bits per heavy atom. The molecule has 0 amide bonds. The monoisotopic (exact) mass is 409 g/mol. The third-order valence-electron chi connectivity index (χ3n) is 5.59. The SMILES string of the molecule is COc1cc2nc(CN3CCc4cc5c(cc4C3)OCCO5)[nH]c(=O)c2cc1OC. The molecular weight excluding hydrogens is 386 g/mol. The summed E-state index contributed by atoms with van der Waals surface area (Å²) in [6.07, 6.45) is 0.912. The number of aromatic amines is 1. The standard InChI is InChI=1S/C22H23N3O5/c1-27-17-9-15-16(10-18(17)28-2)23-21(24-22(15)26)12-25-4-3-13-7-19-20(8-14(13)11-25)30-6-5-29-19/h7-10H,3-6,11-12H2,1-2H3,(H,23,24,26). The number of H-pyrrole nitrogens is 1. The van der Waals surface area contributed by atoms with Crippen molar-refractivity contribution in [2.45, 2.75) is 19.5 Å². The minimum atomic E-state index is -0.187. The van der Waals surface area contributed by atoms with Gasteiger partial charge in [-0.2, -0.15) is 0 Å². The second-order valence-corrected chi connectivity index (χ2v) is 7.46. The minimum absolute atomic E-state index is 0.187. The normalized spacial score (nSPS) is 15.7. The molecule has 0 atom stereocenters. The fourth-order valence-corrected chi connectivity index (χ4v) is 4.09. The van der Waals surface area contributed by atoms with Crippen molar-refractivity contribution in [2.75, 3.05) is 34.0 Å². The maximum absolute atomic E-state index is 12.6. The highest BCUT2D eigenvalue weighted by Crippen LogP contribution is 2.35. The highest BCUT2D eigenvalue weighted by atomic mass is 16.6. The zero-order valence-electron chi connectivity index (χ0n) is 17.0. The predicted octanol–water partition coefficient (Wildman–Crippen LogP) is 2.27. The molecule has 0 saturated carbocycles. The van der Waals surface area contributed by atoms with Crippen molar-refractivity contribution in [1.29, 1.82) is 0 Å². The summed E-state index contributed by atoms with van der Waals surface area (Å²) in [6, 6.07) is 7.56. The van der Waals surface area contributed by atoms with Crippen LogP contribution in [-0.2, 0) is 19.5 Å². The van der Waals surface area contributed by atoms with E-state index in [0.717, 1.165) is 31.0 Å². The van der Waals surface area contributed by atoms with Crippen molar-refractivity contribution in [3.05, 3.63) is 51.6 Å². The predicted molar refractivity (Wildman–Crippen MR) is 111 cm³/mol. The second kappa shape index (κ2) is 7.53. The minimum Gasteiger partial charge on any atom is -0.493 e. The molecule has 3 heterocycles. The Balaban J connectivity index is 1.41. The molecule has 156 valence electrons. The molecule has 0 radical (unpaired) electrons. The molecule has 0 aliphatic carbocycles. The van der Waals surface area contributed by atoms with Gasteiger partial charge in [-0.05, 0) is 35.7 Å². The van der Waals surface area contributed by atoms with E-state index in [1.54, 1.807) is 26.4 Å². The maximum atomic E-state index is 12.6. The van der Waals surface area contributed by atoms with Crippen LogP contribution in [0.3, 0.4) is 0 Å². The molecule has 0 unspecified atom stereocenters. The van der Waals surface area contributed by atoms with Crippen LogP contribution in [0.4, 0.5) is 0 Å². The van der Waals surface area contributed by atoms with E-state index in [1.165, 1.54) is 11.1 Å². The lowest BCUT2D eigenvalue weighted by molar-refractivity contribution is 0.169. The van der Waals surface area contributed by atoms with Gasteiger partial charge in [0.1, 0.15) is 19.0 Å². The molecule has 0 spiro atoms. The first-order chi connectivity index (χ1) is 14.6. The van der Waals surface area contributed by atoms with Crippen LogP contribution in [0.1, 0.15) is 17.0 Å². The molecule has 0 bridgehead atoms. The number of ether oxygens (including phenoxy) is 4. The molecule has 3 aromatic rings. The smallest absolute Gasteiger partial charge is 0.258 e. The van der Waals surface area contributed by atoms with E-state index in [2.05, 4.69) is 27.0 Å². The third-order valence-corrected chi connectivity index (χ3v) is 5.59. The van der Waals surface area contributed by atoms with E-state index in [4.69, 9.17) is 18.9 Å². The summed E-state index contributed by atoms with van der Waals surface area (Å²) in [5.41, 5.74) is 2.91. The molecule has 2 aliphatic rings. The summed E-state index contributed by atoms with van der Waals surface area (Å²) >= 11 is 0. The number of nitrogens with zero attached hydrogens (tertiary/aromatic N) is 2. The highest BCUT2D eigenvalue weighted by molar-refractivity contribution is 5.81. The molecule has 8 heteroatoms. The number of hydrogen-bond acceptors (Lipinski definition) is 7. The number of fused-ring (bicyclic) bond motifs is 3. The largest absolute Gasteiger partial charge is 0.493 e. The number of aromatic nitrogens is 2. The van der Waals surface area contributed by atoms with E-state index in [1.807, 2.05) is 0 Å². The molecule has 1 N–H and O–H groups in total. The Bertz CT molecular complexity index is 1170. The van der Waals surface area contributed by atoms with Gasteiger partial charge >= 0.3 is 0 Å². The summed E-state index contributed by atoms with van der Waals surface area (Å²) in [6.45, 7) is 3.36. The van der Waals surface area contributed by atoms with Crippen LogP contribution in [0.5, 0.6) is 23.0 Å². The quantitative estimate of drug-likeness (QED) is 0.707. The Labute approximate surface area is 173 Å². The van der Waals surface area contributed by atoms with Gasteiger partial charge in [0.15, 0.2) is 23.0 Å². The summed E-state index contributed by atoms with van der Waals surface area (Å²) < 4.78 is 22.1. The van der Waals surface area contributed by atoms with Crippen molar-refractivity contribution in [1.82, 2.24) is 14.9 Å². The van der Waals surface area contributed by atoms with E-state index in [0.29, 0.717) is 48.0 Å². The number of methoxy groups -OCH3 is 2. The number of nitrogens with one attached hydrogen (secondary N) is 1. The summed E-state index contributed by atoms with van der Waals surface area (Å²) in [7, 11) is 3.11. The number of benzene rings is 2. The fourth-order valence-electron chi connectivity index (χ4n) is 4.09. The first kappa shape index (κ1) is 18.7. The van der Waals surface area contributed by atoms with Gasteiger partial charge in [-0.3, -0.25) is 9.69 Å². The van der Waals surface area contributed by atoms with Gasteiger partial charge in [-0.15, -0.1) is 0 Å². The Hall–Kier alpha value is -3.26. The average Bonchev–Trinajstić information content (AvgIpc) is 2.76. The molecule has 8 nitrogen and oxygen atoms in total. The third kappa shape index (κ3) is 3.33. The number of rotatable bonds is 4. The van der Waals surface area contributed by atoms with Crippen LogP contribution in [0, 0.1) is 0 Å². The summed E-state index contributed by atoms with van der Waals surface area (Å²) in [4.78, 5) is 22.5. The van der Waals surface area contributed by atoms with Gasteiger partial charge in [0.25, 0.3) is 5.56 Å². The first-order valence-electron chi connectivity index (χ1n) is 9.93. The molecule has 0 saturated heterocycles. The molecule has 2 aromatic carbocycles. The lowest BCUT2D eigenvalue weighted by Gasteiger charge is -2.30. The van der Waals surface area contributed by atoms with Crippen molar-refractivity contribution in [2.24, 2.45) is 0 Å². The second-order valence-electron chi connectivity index (χ2n) is 7.46. The molecule has 2 aliphatic heterocycles. The topological polar surface area (TPSA) is 85.9 Å². The number of hydrogen-bond donors (Lipinski definition) is 1. The lowest BCUT2D eigenvalue weighted by atomic mass is 9.98. The van der Waals surface area contributed by atoms with Crippen molar-refractivity contribution >= 4 is 10.9 Å². The van der Waals surface area contributed by atoms with Crippen LogP contribution in [0.2, 0.25) is 0 Å². The molecule has 5 rings (SSSR count). The fraction of sp³-hybridized carbons (Fsp3) is 0.364. The Kier molecular flexibility index (Phi) is 4.71. The van der Waals surface area contributed by atoms with Gasteiger partial charge < -0.3 is 23.9 Å². The maximum Gasteiger partial charge on any atom is 0.258 e. The highest BCUT2D eigenvalue weighted by Gasteiger charge is 2.22. The van der Waals surface area contributed by atoms with Crippen molar-refractivity contribution < 1.29 is 18.9 Å². The van der Waals surface area contributed by atoms with Crippen LogP contribution in [0.15, 0.2) is 29.1 Å². The van der Waals surface area contributed by atoms with Crippen LogP contribution in [0.25, 0.3) is 10.9 Å². The van der Waals surface area contributed by atoms with Gasteiger partial charge in [-0.25, -0.2) is 4.98 Å². The van der Waals surface area contributed by atoms with Crippen LogP contribution >= 0.6 is 0 Å². The van der Waals surface area contributed by atoms with Gasteiger partial charge in [0.2, 0.25) is 0 Å². The summed E-state index contributed by atoms with van der Waals surface area (Å²) in [5.74, 6) is 3.32. The Morgan fingerprint density at radius 2 is 1.73 bits per heavy atom. The average molecular weight is 409 g/mol. The van der Waals surface area contributed by atoms with Crippen molar-refractivity contribution in [3.8, 4) is 23.0 Å². The molecule has 1 aromatic heterocycles.